The van der Waals surface area contributed by atoms with Crippen molar-refractivity contribution >= 4 is 11.8 Å². The van der Waals surface area contributed by atoms with E-state index in [1.165, 1.54) is 4.90 Å². The van der Waals surface area contributed by atoms with Crippen LogP contribution in [-0.2, 0) is 0 Å². The Bertz CT molecular complexity index is 973. The maximum Gasteiger partial charge on any atom is 0.265 e. The van der Waals surface area contributed by atoms with Crippen molar-refractivity contribution in [1.29, 1.82) is 0 Å². The molecule has 1 aliphatic rings. The fourth-order valence-corrected chi connectivity index (χ4v) is 4.02. The zero-order chi connectivity index (χ0) is 23.3. The van der Waals surface area contributed by atoms with E-state index >= 15 is 0 Å². The van der Waals surface area contributed by atoms with Gasteiger partial charge in [-0.3, -0.25) is 14.5 Å². The lowest BCUT2D eigenvalue weighted by atomic mass is 10.00. The molecule has 0 saturated carbocycles. The van der Waals surface area contributed by atoms with Crippen LogP contribution >= 0.6 is 0 Å². The number of hydrogen-bond donors (Lipinski definition) is 0. The van der Waals surface area contributed by atoms with E-state index in [4.69, 9.17) is 14.2 Å². The number of ether oxygens (including phenoxy) is 3. The number of imide groups is 1. The predicted molar refractivity (Wildman–Crippen MR) is 123 cm³/mol. The topological polar surface area (TPSA) is 68.3 Å². The molecule has 1 heterocycles. The molecule has 7 nitrogen and oxygen atoms in total. The molecule has 7 heteroatoms. The second kappa shape index (κ2) is 10.5. The van der Waals surface area contributed by atoms with Crippen molar-refractivity contribution in [1.82, 2.24) is 9.80 Å². The molecule has 0 aromatic heterocycles. The van der Waals surface area contributed by atoms with Gasteiger partial charge in [-0.15, -0.1) is 0 Å². The minimum absolute atomic E-state index is 0.294. The van der Waals surface area contributed by atoms with Crippen molar-refractivity contribution in [3.63, 3.8) is 0 Å². The van der Waals surface area contributed by atoms with Crippen LogP contribution in [-0.4, -0.2) is 63.1 Å². The van der Waals surface area contributed by atoms with Crippen LogP contribution in [0.2, 0.25) is 0 Å². The van der Waals surface area contributed by atoms with Gasteiger partial charge in [0.2, 0.25) is 0 Å². The van der Waals surface area contributed by atoms with E-state index in [2.05, 4.69) is 4.90 Å². The van der Waals surface area contributed by atoms with Gasteiger partial charge in [0.1, 0.15) is 5.75 Å². The molecule has 2 aromatic carbocycles. The van der Waals surface area contributed by atoms with Crippen LogP contribution < -0.4 is 14.2 Å². The third kappa shape index (κ3) is 4.72. The van der Waals surface area contributed by atoms with E-state index in [-0.39, 0.29) is 11.8 Å². The van der Waals surface area contributed by atoms with Crippen molar-refractivity contribution < 1.29 is 23.8 Å². The fraction of sp³-hybridized carbons (Fsp3) is 0.440. The Balaban J connectivity index is 1.92. The Morgan fingerprint density at radius 1 is 0.969 bits per heavy atom. The van der Waals surface area contributed by atoms with Crippen LogP contribution in [0.4, 0.5) is 0 Å². The normalized spacial score (nSPS) is 14.0. The van der Waals surface area contributed by atoms with E-state index in [1.807, 2.05) is 33.2 Å². The van der Waals surface area contributed by atoms with E-state index in [0.29, 0.717) is 41.4 Å². The molecule has 3 rings (SSSR count). The molecule has 32 heavy (non-hydrogen) atoms. The molecule has 172 valence electrons. The van der Waals surface area contributed by atoms with Gasteiger partial charge in [-0.05, 0) is 56.8 Å². The third-order valence-corrected chi connectivity index (χ3v) is 5.58. The molecule has 2 aromatic rings. The first-order valence-corrected chi connectivity index (χ1v) is 10.9. The number of amides is 2. The summed E-state index contributed by atoms with van der Waals surface area (Å²) in [6.45, 7) is 3.39. The number of nitrogens with zero attached hydrogens (tertiary/aromatic N) is 2. The van der Waals surface area contributed by atoms with Crippen molar-refractivity contribution in [3.05, 3.63) is 53.1 Å². The maximum atomic E-state index is 13.5. The summed E-state index contributed by atoms with van der Waals surface area (Å²) < 4.78 is 16.7. The van der Waals surface area contributed by atoms with E-state index < -0.39 is 6.04 Å². The molecule has 2 amide bonds. The highest BCUT2D eigenvalue weighted by Gasteiger charge is 2.42. The molecule has 1 aliphatic heterocycles. The molecule has 0 fully saturated rings. The third-order valence-electron chi connectivity index (χ3n) is 5.58. The lowest BCUT2D eigenvalue weighted by molar-refractivity contribution is 0.0572. The summed E-state index contributed by atoms with van der Waals surface area (Å²) in [6.07, 6.45) is 2.27. The molecular weight excluding hydrogens is 408 g/mol. The second-order valence-corrected chi connectivity index (χ2v) is 8.08. The molecular formula is C25H32N2O5. The Kier molecular flexibility index (Phi) is 7.75. The van der Waals surface area contributed by atoms with E-state index in [0.717, 1.165) is 24.9 Å². The van der Waals surface area contributed by atoms with Crippen LogP contribution in [0.5, 0.6) is 17.2 Å². The van der Waals surface area contributed by atoms with Crippen LogP contribution in [0.15, 0.2) is 36.4 Å². The number of carbonyl (C=O) groups excluding carboxylic acids is 2. The Morgan fingerprint density at radius 3 is 2.38 bits per heavy atom. The lowest BCUT2D eigenvalue weighted by Crippen LogP contribution is -2.34. The lowest BCUT2D eigenvalue weighted by Gasteiger charge is -2.27. The number of rotatable bonds is 11. The van der Waals surface area contributed by atoms with Crippen LogP contribution in [0, 0.1) is 0 Å². The largest absolute Gasteiger partial charge is 0.493 e. The average Bonchev–Trinajstić information content (AvgIpc) is 3.05. The number of benzene rings is 2. The Morgan fingerprint density at radius 2 is 1.72 bits per heavy atom. The van der Waals surface area contributed by atoms with Crippen molar-refractivity contribution in [2.75, 3.05) is 41.5 Å². The first-order chi connectivity index (χ1) is 15.4. The van der Waals surface area contributed by atoms with Gasteiger partial charge >= 0.3 is 0 Å². The standard InChI is InChI=1S/C25H32N2O5/c1-6-9-19(17-12-13-20(30-4)22(16-17)31-5)27-24(28)18-10-7-11-21(23(18)25(27)29)32-15-8-14-26(2)3/h7,10-13,16,19H,6,8-9,14-15H2,1-5H3. The number of hydrogen-bond acceptors (Lipinski definition) is 6. The summed E-state index contributed by atoms with van der Waals surface area (Å²) in [7, 11) is 7.15. The van der Waals surface area contributed by atoms with Crippen LogP contribution in [0.3, 0.4) is 0 Å². The van der Waals surface area contributed by atoms with Gasteiger partial charge in [-0.2, -0.15) is 0 Å². The SMILES string of the molecule is CCCC(c1ccc(OC)c(OC)c1)N1C(=O)c2cccc(OCCCN(C)C)c2C1=O. The Labute approximate surface area is 189 Å². The monoisotopic (exact) mass is 440 g/mol. The first-order valence-electron chi connectivity index (χ1n) is 10.9. The molecule has 0 spiro atoms. The summed E-state index contributed by atoms with van der Waals surface area (Å²) in [6, 6.07) is 10.3. The minimum atomic E-state index is -0.409. The molecule has 1 atom stereocenters. The molecule has 1 unspecified atom stereocenters. The summed E-state index contributed by atoms with van der Waals surface area (Å²) in [5, 5.41) is 0. The zero-order valence-electron chi connectivity index (χ0n) is 19.5. The van der Waals surface area contributed by atoms with Gasteiger partial charge in [-0.1, -0.05) is 25.5 Å². The number of methoxy groups -OCH3 is 2. The Hall–Kier alpha value is -3.06. The smallest absolute Gasteiger partial charge is 0.265 e. The van der Waals surface area contributed by atoms with Crippen molar-refractivity contribution in [3.8, 4) is 17.2 Å². The number of fused-ring (bicyclic) bond motifs is 1. The summed E-state index contributed by atoms with van der Waals surface area (Å²) in [4.78, 5) is 30.3. The molecule has 0 saturated heterocycles. The quantitative estimate of drug-likeness (QED) is 0.386. The minimum Gasteiger partial charge on any atom is -0.493 e. The zero-order valence-corrected chi connectivity index (χ0v) is 19.5. The number of carbonyl (C=O) groups is 2. The summed E-state index contributed by atoms with van der Waals surface area (Å²) in [5.41, 5.74) is 1.57. The molecule has 0 N–H and O–H groups in total. The van der Waals surface area contributed by atoms with E-state index in [1.54, 1.807) is 38.5 Å². The van der Waals surface area contributed by atoms with Gasteiger partial charge in [0.15, 0.2) is 11.5 Å². The van der Waals surface area contributed by atoms with Gasteiger partial charge in [-0.25, -0.2) is 0 Å². The predicted octanol–water partition coefficient (Wildman–Crippen LogP) is 4.17. The maximum absolute atomic E-state index is 13.5. The second-order valence-electron chi connectivity index (χ2n) is 8.08. The summed E-state index contributed by atoms with van der Waals surface area (Å²) in [5.74, 6) is 1.01. The highest BCUT2D eigenvalue weighted by atomic mass is 16.5. The summed E-state index contributed by atoms with van der Waals surface area (Å²) >= 11 is 0. The van der Waals surface area contributed by atoms with Crippen LogP contribution in [0.1, 0.15) is 58.5 Å². The fourth-order valence-electron chi connectivity index (χ4n) is 4.02. The van der Waals surface area contributed by atoms with Crippen LogP contribution in [0.25, 0.3) is 0 Å². The molecule has 0 aliphatic carbocycles. The highest BCUT2D eigenvalue weighted by molar-refractivity contribution is 6.22. The highest BCUT2D eigenvalue weighted by Crippen LogP contribution is 2.40. The first kappa shape index (κ1) is 23.6. The molecule has 0 radical (unpaired) electrons. The van der Waals surface area contributed by atoms with Gasteiger partial charge in [0, 0.05) is 6.54 Å². The van der Waals surface area contributed by atoms with Gasteiger partial charge in [0.25, 0.3) is 11.8 Å². The molecule has 0 bridgehead atoms. The van der Waals surface area contributed by atoms with Gasteiger partial charge in [0.05, 0.1) is 38.0 Å². The van der Waals surface area contributed by atoms with Crippen molar-refractivity contribution in [2.45, 2.75) is 32.2 Å². The van der Waals surface area contributed by atoms with E-state index in [9.17, 15) is 9.59 Å². The van der Waals surface area contributed by atoms with Gasteiger partial charge < -0.3 is 19.1 Å². The van der Waals surface area contributed by atoms with Crippen molar-refractivity contribution in [2.24, 2.45) is 0 Å². The average molecular weight is 441 g/mol.